The average Bonchev–Trinajstić information content (AvgIpc) is 2.45. The fourth-order valence-corrected chi connectivity index (χ4v) is 2.49. The van der Waals surface area contributed by atoms with Crippen molar-refractivity contribution in [2.75, 3.05) is 13.7 Å². The maximum Gasteiger partial charge on any atom is 0.122 e. The Kier molecular flexibility index (Phi) is 4.88. The molecule has 0 heterocycles. The highest BCUT2D eigenvalue weighted by Crippen LogP contribution is 2.31. The molecule has 1 atom stereocenters. The van der Waals surface area contributed by atoms with Gasteiger partial charge < -0.3 is 15.6 Å². The molecule has 0 radical (unpaired) electrons. The van der Waals surface area contributed by atoms with Gasteiger partial charge in [0.15, 0.2) is 0 Å². The third kappa shape index (κ3) is 3.44. The molecule has 0 fully saturated rings. The Hall–Kier alpha value is -1.71. The molecule has 2 aromatic rings. The van der Waals surface area contributed by atoms with Gasteiger partial charge >= 0.3 is 0 Å². The summed E-state index contributed by atoms with van der Waals surface area (Å²) in [6.07, 6.45) is 0.724. The lowest BCUT2D eigenvalue weighted by atomic mass is 9.91. The van der Waals surface area contributed by atoms with Crippen LogP contribution in [0.3, 0.4) is 0 Å². The first-order chi connectivity index (χ1) is 9.63. The number of hydrogen-bond acceptors (Lipinski definition) is 3. The normalized spacial score (nSPS) is 12.2. The minimum absolute atomic E-state index is 0.0884. The first kappa shape index (κ1) is 14.7. The van der Waals surface area contributed by atoms with Crippen LogP contribution in [0.4, 0.5) is 0 Å². The quantitative estimate of drug-likeness (QED) is 0.888. The van der Waals surface area contributed by atoms with Gasteiger partial charge in [0.1, 0.15) is 11.5 Å². The van der Waals surface area contributed by atoms with E-state index >= 15 is 0 Å². The van der Waals surface area contributed by atoms with Crippen LogP contribution in [-0.2, 0) is 6.42 Å². The van der Waals surface area contributed by atoms with Crippen LogP contribution in [0.1, 0.15) is 17.0 Å². The minimum Gasteiger partial charge on any atom is -0.508 e. The van der Waals surface area contributed by atoms with Crippen molar-refractivity contribution >= 4 is 11.6 Å². The van der Waals surface area contributed by atoms with E-state index in [4.69, 9.17) is 22.1 Å². The number of methoxy groups -OCH3 is 1. The molecule has 2 aromatic carbocycles. The van der Waals surface area contributed by atoms with E-state index in [1.165, 1.54) is 0 Å². The van der Waals surface area contributed by atoms with Gasteiger partial charge in [0.05, 0.1) is 7.11 Å². The van der Waals surface area contributed by atoms with E-state index in [0.29, 0.717) is 11.6 Å². The van der Waals surface area contributed by atoms with Gasteiger partial charge in [-0.15, -0.1) is 0 Å². The van der Waals surface area contributed by atoms with Crippen LogP contribution in [0.25, 0.3) is 0 Å². The first-order valence-electron chi connectivity index (χ1n) is 6.45. The van der Waals surface area contributed by atoms with E-state index < -0.39 is 0 Å². The van der Waals surface area contributed by atoms with Gasteiger partial charge in [0.2, 0.25) is 0 Å². The monoisotopic (exact) mass is 291 g/mol. The number of nitrogens with two attached hydrogens (primary N) is 1. The number of phenolic OH excluding ortho intramolecular Hbond substituents is 1. The Morgan fingerprint density at radius 2 is 2.05 bits per heavy atom. The fourth-order valence-electron chi connectivity index (χ4n) is 2.31. The molecule has 0 amide bonds. The summed E-state index contributed by atoms with van der Waals surface area (Å²) in [5.41, 5.74) is 7.92. The van der Waals surface area contributed by atoms with Crippen LogP contribution in [0.2, 0.25) is 5.02 Å². The predicted molar refractivity (Wildman–Crippen MR) is 81.6 cm³/mol. The SMILES string of the molecule is COc1ccc(Cl)cc1C(CN)Cc1cccc(O)c1. The predicted octanol–water partition coefficient (Wildman–Crippen LogP) is 3.34. The molecule has 0 aliphatic carbocycles. The molecular weight excluding hydrogens is 274 g/mol. The minimum atomic E-state index is 0.0884. The zero-order valence-corrected chi connectivity index (χ0v) is 12.1. The topological polar surface area (TPSA) is 55.5 Å². The molecule has 0 saturated carbocycles. The smallest absolute Gasteiger partial charge is 0.122 e. The lowest BCUT2D eigenvalue weighted by molar-refractivity contribution is 0.405. The molecule has 106 valence electrons. The molecule has 0 aliphatic heterocycles. The maximum atomic E-state index is 9.54. The number of hydrogen-bond donors (Lipinski definition) is 2. The lowest BCUT2D eigenvalue weighted by Crippen LogP contribution is -2.16. The van der Waals surface area contributed by atoms with E-state index in [2.05, 4.69) is 0 Å². The molecule has 0 aliphatic rings. The van der Waals surface area contributed by atoms with Gasteiger partial charge in [0, 0.05) is 16.5 Å². The Morgan fingerprint density at radius 1 is 1.25 bits per heavy atom. The maximum absolute atomic E-state index is 9.54. The van der Waals surface area contributed by atoms with Gasteiger partial charge in [-0.05, 0) is 48.9 Å². The van der Waals surface area contributed by atoms with Gasteiger partial charge in [-0.2, -0.15) is 0 Å². The highest BCUT2D eigenvalue weighted by atomic mass is 35.5. The third-order valence-corrected chi connectivity index (χ3v) is 3.54. The fraction of sp³-hybridized carbons (Fsp3) is 0.250. The zero-order chi connectivity index (χ0) is 14.5. The number of ether oxygens (including phenoxy) is 1. The van der Waals surface area contributed by atoms with E-state index in [1.54, 1.807) is 25.3 Å². The van der Waals surface area contributed by atoms with Gasteiger partial charge in [-0.3, -0.25) is 0 Å². The first-order valence-corrected chi connectivity index (χ1v) is 6.83. The molecular formula is C16H18ClNO2. The number of halogens is 1. The highest BCUT2D eigenvalue weighted by Gasteiger charge is 2.16. The van der Waals surface area contributed by atoms with Crippen LogP contribution in [0.15, 0.2) is 42.5 Å². The Morgan fingerprint density at radius 3 is 2.70 bits per heavy atom. The number of benzene rings is 2. The molecule has 0 aromatic heterocycles. The van der Waals surface area contributed by atoms with Crippen LogP contribution < -0.4 is 10.5 Å². The van der Waals surface area contributed by atoms with Crippen molar-refractivity contribution in [3.63, 3.8) is 0 Å². The summed E-state index contributed by atoms with van der Waals surface area (Å²) >= 11 is 6.07. The Bertz CT molecular complexity index is 586. The van der Waals surface area contributed by atoms with Crippen molar-refractivity contribution in [3.05, 3.63) is 58.6 Å². The molecule has 0 bridgehead atoms. The Balaban J connectivity index is 2.30. The summed E-state index contributed by atoms with van der Waals surface area (Å²) in [6, 6.07) is 12.7. The van der Waals surface area contributed by atoms with Gasteiger partial charge in [-0.25, -0.2) is 0 Å². The second kappa shape index (κ2) is 6.64. The molecule has 3 nitrogen and oxygen atoms in total. The van der Waals surface area contributed by atoms with Crippen LogP contribution in [0, 0.1) is 0 Å². The van der Waals surface area contributed by atoms with Crippen molar-refractivity contribution < 1.29 is 9.84 Å². The van der Waals surface area contributed by atoms with Gasteiger partial charge in [0.25, 0.3) is 0 Å². The molecule has 1 unspecified atom stereocenters. The number of aromatic hydroxyl groups is 1. The van der Waals surface area contributed by atoms with Crippen LogP contribution in [-0.4, -0.2) is 18.8 Å². The molecule has 2 rings (SSSR count). The number of phenols is 1. The molecule has 3 N–H and O–H groups in total. The highest BCUT2D eigenvalue weighted by molar-refractivity contribution is 6.30. The third-order valence-electron chi connectivity index (χ3n) is 3.31. The second-order valence-electron chi connectivity index (χ2n) is 4.69. The summed E-state index contributed by atoms with van der Waals surface area (Å²) in [6.45, 7) is 0.479. The van der Waals surface area contributed by atoms with E-state index in [0.717, 1.165) is 23.3 Å². The zero-order valence-electron chi connectivity index (χ0n) is 11.3. The summed E-state index contributed by atoms with van der Waals surface area (Å²) in [5, 5.41) is 10.2. The van der Waals surface area contributed by atoms with Crippen LogP contribution in [0.5, 0.6) is 11.5 Å². The van der Waals surface area contributed by atoms with Crippen molar-refractivity contribution in [2.45, 2.75) is 12.3 Å². The van der Waals surface area contributed by atoms with E-state index in [1.807, 2.05) is 24.3 Å². The summed E-state index contributed by atoms with van der Waals surface area (Å²) in [5.74, 6) is 1.13. The molecule has 0 spiro atoms. The second-order valence-corrected chi connectivity index (χ2v) is 5.13. The molecule has 0 saturated heterocycles. The lowest BCUT2D eigenvalue weighted by Gasteiger charge is -2.19. The summed E-state index contributed by atoms with van der Waals surface area (Å²) < 4.78 is 5.38. The van der Waals surface area contributed by atoms with Crippen molar-refractivity contribution in [1.82, 2.24) is 0 Å². The van der Waals surface area contributed by atoms with E-state index in [9.17, 15) is 5.11 Å². The largest absolute Gasteiger partial charge is 0.508 e. The number of rotatable bonds is 5. The standard InChI is InChI=1S/C16H18ClNO2/c1-20-16-6-5-13(17)9-15(16)12(10-18)7-11-3-2-4-14(19)8-11/h2-6,8-9,12,19H,7,10,18H2,1H3. The van der Waals surface area contributed by atoms with Gasteiger partial charge in [-0.1, -0.05) is 23.7 Å². The van der Waals surface area contributed by atoms with Crippen molar-refractivity contribution in [1.29, 1.82) is 0 Å². The van der Waals surface area contributed by atoms with Crippen LogP contribution >= 0.6 is 11.6 Å². The summed E-state index contributed by atoms with van der Waals surface area (Å²) in [7, 11) is 1.63. The Labute approximate surface area is 123 Å². The van der Waals surface area contributed by atoms with E-state index in [-0.39, 0.29) is 11.7 Å². The average molecular weight is 292 g/mol. The molecule has 20 heavy (non-hydrogen) atoms. The van der Waals surface area contributed by atoms with Crippen molar-refractivity contribution in [3.8, 4) is 11.5 Å². The van der Waals surface area contributed by atoms with Crippen molar-refractivity contribution in [2.24, 2.45) is 5.73 Å². The molecule has 4 heteroatoms. The summed E-state index contributed by atoms with van der Waals surface area (Å²) in [4.78, 5) is 0.